The molecule has 6 heteroatoms. The number of hydrogen-bond donors (Lipinski definition) is 2. The second-order valence-corrected chi connectivity index (χ2v) is 6.20. The maximum absolute atomic E-state index is 10.2. The SMILES string of the molecule is C=CCOc1ccccc1-c1cc(-c2cc(C)ccc2O)nn1C(N)=S. The van der Waals surface area contributed by atoms with Crippen LogP contribution in [0.15, 0.2) is 61.2 Å². The molecule has 3 N–H and O–H groups in total. The smallest absolute Gasteiger partial charge is 0.191 e. The van der Waals surface area contributed by atoms with Gasteiger partial charge in [-0.25, -0.2) is 4.68 Å². The van der Waals surface area contributed by atoms with Crippen molar-refractivity contribution >= 4 is 17.3 Å². The molecule has 132 valence electrons. The third kappa shape index (κ3) is 3.45. The van der Waals surface area contributed by atoms with Gasteiger partial charge in [-0.2, -0.15) is 5.10 Å². The zero-order valence-electron chi connectivity index (χ0n) is 14.3. The topological polar surface area (TPSA) is 73.3 Å². The molecule has 0 aliphatic rings. The Labute approximate surface area is 157 Å². The maximum Gasteiger partial charge on any atom is 0.191 e. The fourth-order valence-electron chi connectivity index (χ4n) is 2.68. The predicted molar refractivity (Wildman–Crippen MR) is 107 cm³/mol. The van der Waals surface area contributed by atoms with Crippen molar-refractivity contribution in [1.29, 1.82) is 0 Å². The Morgan fingerprint density at radius 3 is 2.77 bits per heavy atom. The van der Waals surface area contributed by atoms with E-state index in [0.717, 1.165) is 11.1 Å². The van der Waals surface area contributed by atoms with Crippen LogP contribution in [0, 0.1) is 6.92 Å². The number of nitrogens with zero attached hydrogens (tertiary/aromatic N) is 2. The number of aromatic hydroxyl groups is 1. The first-order valence-corrected chi connectivity index (χ1v) is 8.45. The summed E-state index contributed by atoms with van der Waals surface area (Å²) in [7, 11) is 0. The number of para-hydroxylation sites is 1. The molecule has 0 bridgehead atoms. The van der Waals surface area contributed by atoms with E-state index in [1.807, 2.05) is 49.4 Å². The molecule has 0 saturated carbocycles. The van der Waals surface area contributed by atoms with E-state index in [2.05, 4.69) is 11.7 Å². The number of nitrogens with two attached hydrogens (primary N) is 1. The first kappa shape index (κ1) is 17.7. The Morgan fingerprint density at radius 2 is 2.04 bits per heavy atom. The molecule has 1 aromatic heterocycles. The van der Waals surface area contributed by atoms with Gasteiger partial charge in [-0.15, -0.1) is 0 Å². The third-order valence-electron chi connectivity index (χ3n) is 3.87. The minimum atomic E-state index is 0.108. The second kappa shape index (κ2) is 7.41. The van der Waals surface area contributed by atoms with Crippen LogP contribution in [0.2, 0.25) is 0 Å². The predicted octanol–water partition coefficient (Wildman–Crippen LogP) is 3.89. The van der Waals surface area contributed by atoms with Gasteiger partial charge in [-0.3, -0.25) is 0 Å². The normalized spacial score (nSPS) is 10.5. The van der Waals surface area contributed by atoms with Crippen molar-refractivity contribution in [2.45, 2.75) is 6.92 Å². The van der Waals surface area contributed by atoms with Gasteiger partial charge >= 0.3 is 0 Å². The molecule has 0 radical (unpaired) electrons. The minimum Gasteiger partial charge on any atom is -0.507 e. The summed E-state index contributed by atoms with van der Waals surface area (Å²) in [6.07, 6.45) is 1.68. The van der Waals surface area contributed by atoms with Crippen molar-refractivity contribution in [3.8, 4) is 34.0 Å². The van der Waals surface area contributed by atoms with E-state index in [4.69, 9.17) is 22.7 Å². The number of aromatic nitrogens is 2. The van der Waals surface area contributed by atoms with Crippen LogP contribution in [0.25, 0.3) is 22.5 Å². The average molecular weight is 365 g/mol. The molecule has 3 rings (SSSR count). The van der Waals surface area contributed by atoms with E-state index in [-0.39, 0.29) is 10.9 Å². The van der Waals surface area contributed by atoms with Gasteiger partial charge in [0.1, 0.15) is 18.1 Å². The Kier molecular flexibility index (Phi) is 5.04. The highest BCUT2D eigenvalue weighted by Gasteiger charge is 2.18. The summed E-state index contributed by atoms with van der Waals surface area (Å²) in [6.45, 7) is 6.00. The summed E-state index contributed by atoms with van der Waals surface area (Å²) in [4.78, 5) is 0. The summed E-state index contributed by atoms with van der Waals surface area (Å²) in [5.41, 5.74) is 9.57. The van der Waals surface area contributed by atoms with Gasteiger partial charge in [0.15, 0.2) is 5.11 Å². The summed E-state index contributed by atoms with van der Waals surface area (Å²) in [5.74, 6) is 0.816. The van der Waals surface area contributed by atoms with Crippen molar-refractivity contribution < 1.29 is 9.84 Å². The lowest BCUT2D eigenvalue weighted by Gasteiger charge is -2.11. The van der Waals surface area contributed by atoms with Crippen LogP contribution in [-0.2, 0) is 0 Å². The van der Waals surface area contributed by atoms with Gasteiger partial charge in [0.2, 0.25) is 0 Å². The number of thiocarbonyl (C=S) groups is 1. The van der Waals surface area contributed by atoms with E-state index >= 15 is 0 Å². The van der Waals surface area contributed by atoms with Crippen LogP contribution in [0.4, 0.5) is 0 Å². The van der Waals surface area contributed by atoms with Crippen LogP contribution >= 0.6 is 12.2 Å². The van der Waals surface area contributed by atoms with E-state index in [0.29, 0.717) is 29.3 Å². The number of hydrogen-bond acceptors (Lipinski definition) is 4. The number of rotatable bonds is 5. The zero-order chi connectivity index (χ0) is 18.7. The van der Waals surface area contributed by atoms with Crippen LogP contribution in [0.3, 0.4) is 0 Å². The van der Waals surface area contributed by atoms with Crippen molar-refractivity contribution in [3.05, 3.63) is 66.7 Å². The molecule has 0 aliphatic carbocycles. The summed E-state index contributed by atoms with van der Waals surface area (Å²) >= 11 is 5.16. The number of phenols is 1. The highest BCUT2D eigenvalue weighted by atomic mass is 32.1. The summed E-state index contributed by atoms with van der Waals surface area (Å²) in [6, 6.07) is 14.7. The molecule has 0 unspecified atom stereocenters. The molecule has 0 aliphatic heterocycles. The molecule has 0 saturated heterocycles. The van der Waals surface area contributed by atoms with Gasteiger partial charge in [0.05, 0.1) is 11.4 Å². The zero-order valence-corrected chi connectivity index (χ0v) is 15.2. The Hall–Kier alpha value is -3.12. The molecule has 26 heavy (non-hydrogen) atoms. The number of ether oxygens (including phenoxy) is 1. The fourth-order valence-corrected chi connectivity index (χ4v) is 2.82. The van der Waals surface area contributed by atoms with Crippen LogP contribution < -0.4 is 10.5 Å². The molecule has 0 fully saturated rings. The average Bonchev–Trinajstić information content (AvgIpc) is 3.07. The largest absolute Gasteiger partial charge is 0.507 e. The lowest BCUT2D eigenvalue weighted by molar-refractivity contribution is 0.364. The van der Waals surface area contributed by atoms with Gasteiger partial charge in [0, 0.05) is 11.1 Å². The first-order valence-electron chi connectivity index (χ1n) is 8.04. The molecular formula is C20H19N3O2S. The molecule has 1 heterocycles. The minimum absolute atomic E-state index is 0.108. The molecule has 0 atom stereocenters. The first-order chi connectivity index (χ1) is 12.5. The van der Waals surface area contributed by atoms with E-state index in [1.54, 1.807) is 12.1 Å². The van der Waals surface area contributed by atoms with Gasteiger partial charge in [0.25, 0.3) is 0 Å². The molecule has 0 spiro atoms. The van der Waals surface area contributed by atoms with E-state index in [1.165, 1.54) is 4.68 Å². The monoisotopic (exact) mass is 365 g/mol. The highest BCUT2D eigenvalue weighted by Crippen LogP contribution is 2.35. The van der Waals surface area contributed by atoms with Crippen LogP contribution in [-0.4, -0.2) is 26.6 Å². The molecule has 5 nitrogen and oxygen atoms in total. The third-order valence-corrected chi connectivity index (χ3v) is 4.04. The lowest BCUT2D eigenvalue weighted by Crippen LogP contribution is -2.21. The Balaban J connectivity index is 2.17. The van der Waals surface area contributed by atoms with Gasteiger partial charge in [-0.05, 0) is 49.5 Å². The van der Waals surface area contributed by atoms with Crippen LogP contribution in [0.1, 0.15) is 5.56 Å². The van der Waals surface area contributed by atoms with E-state index in [9.17, 15) is 5.11 Å². The fraction of sp³-hybridized carbons (Fsp3) is 0.100. The molecular weight excluding hydrogens is 346 g/mol. The summed E-state index contributed by atoms with van der Waals surface area (Å²) < 4.78 is 7.22. The summed E-state index contributed by atoms with van der Waals surface area (Å²) in [5, 5.41) is 14.8. The second-order valence-electron chi connectivity index (χ2n) is 5.78. The van der Waals surface area contributed by atoms with Gasteiger partial charge in [-0.1, -0.05) is 36.4 Å². The van der Waals surface area contributed by atoms with Crippen LogP contribution in [0.5, 0.6) is 11.5 Å². The van der Waals surface area contributed by atoms with Crippen molar-refractivity contribution in [2.24, 2.45) is 5.73 Å². The quantitative estimate of drug-likeness (QED) is 0.530. The standard InChI is InChI=1S/C20H19N3O2S/c1-3-10-25-19-7-5-4-6-14(19)17-12-16(22-23(17)20(21)26)15-11-13(2)8-9-18(15)24/h3-9,11-12,24H,1,10H2,2H3,(H2,21,26). The number of phenolic OH excluding ortho intramolecular Hbond substituents is 1. The maximum atomic E-state index is 10.2. The van der Waals surface area contributed by atoms with Gasteiger partial charge < -0.3 is 15.6 Å². The number of aryl methyl sites for hydroxylation is 1. The molecule has 3 aromatic rings. The molecule has 2 aromatic carbocycles. The lowest BCUT2D eigenvalue weighted by atomic mass is 10.1. The Bertz CT molecular complexity index is 979. The number of benzene rings is 2. The molecule has 0 amide bonds. The Morgan fingerprint density at radius 1 is 1.27 bits per heavy atom. The van der Waals surface area contributed by atoms with E-state index < -0.39 is 0 Å². The van der Waals surface area contributed by atoms with Crippen molar-refractivity contribution in [1.82, 2.24) is 9.78 Å². The van der Waals surface area contributed by atoms with Crippen molar-refractivity contribution in [2.75, 3.05) is 6.61 Å². The highest BCUT2D eigenvalue weighted by molar-refractivity contribution is 7.80. The van der Waals surface area contributed by atoms with Crippen molar-refractivity contribution in [3.63, 3.8) is 0 Å².